The Morgan fingerprint density at radius 3 is 2.68 bits per heavy atom. The zero-order valence-electron chi connectivity index (χ0n) is 11.5. The average molecular weight is 329 g/mol. The third-order valence-corrected chi connectivity index (χ3v) is 3.00. The van der Waals surface area contributed by atoms with Crippen LogP contribution in [0.1, 0.15) is 11.3 Å². The number of hydrogen-bond acceptors (Lipinski definition) is 4. The van der Waals surface area contributed by atoms with Gasteiger partial charge in [-0.1, -0.05) is 30.3 Å². The normalized spacial score (nSPS) is 17.0. The summed E-state index contributed by atoms with van der Waals surface area (Å²) in [5, 5.41) is 5.36. The topological polar surface area (TPSA) is 40.5 Å². The van der Waals surface area contributed by atoms with Gasteiger partial charge in [0.15, 0.2) is 0 Å². The van der Waals surface area contributed by atoms with E-state index < -0.39 is 11.7 Å². The lowest BCUT2D eigenvalue weighted by molar-refractivity contribution is -0.137. The number of allylic oxidation sites excluding steroid dienone is 5. The van der Waals surface area contributed by atoms with Crippen molar-refractivity contribution in [3.63, 3.8) is 0 Å². The van der Waals surface area contributed by atoms with Gasteiger partial charge in [-0.25, -0.2) is 5.12 Å². The highest BCUT2D eigenvalue weighted by Crippen LogP contribution is 2.33. The third-order valence-electron chi connectivity index (χ3n) is 2.71. The zero-order chi connectivity index (χ0) is 16.3. The minimum absolute atomic E-state index is 0.0944. The van der Waals surface area contributed by atoms with E-state index in [1.54, 1.807) is 25.4 Å². The van der Waals surface area contributed by atoms with Crippen molar-refractivity contribution < 1.29 is 13.2 Å². The maximum atomic E-state index is 12.6. The van der Waals surface area contributed by atoms with Crippen LogP contribution in [0.3, 0.4) is 0 Å². The molecule has 0 fully saturated rings. The minimum atomic E-state index is -4.49. The van der Waals surface area contributed by atoms with Crippen molar-refractivity contribution in [2.45, 2.75) is 6.18 Å². The van der Waals surface area contributed by atoms with Crippen LogP contribution in [0.15, 0.2) is 47.9 Å². The molecule has 0 aromatic carbocycles. The van der Waals surface area contributed by atoms with Crippen molar-refractivity contribution in [3.05, 3.63) is 59.0 Å². The van der Waals surface area contributed by atoms with Crippen molar-refractivity contribution in [1.29, 1.82) is 0 Å². The first-order valence-electron chi connectivity index (χ1n) is 6.13. The van der Waals surface area contributed by atoms with E-state index in [0.717, 1.165) is 12.3 Å². The molecule has 0 bridgehead atoms. The summed E-state index contributed by atoms with van der Waals surface area (Å²) in [6.45, 7) is 3.58. The molecule has 0 saturated carbocycles. The summed E-state index contributed by atoms with van der Waals surface area (Å²) >= 11 is 5.95. The van der Waals surface area contributed by atoms with Crippen molar-refractivity contribution >= 4 is 23.4 Å². The number of alkyl halides is 3. The monoisotopic (exact) mass is 328 g/mol. The Kier molecular flexibility index (Phi) is 4.56. The lowest BCUT2D eigenvalue weighted by Crippen LogP contribution is -2.22. The summed E-state index contributed by atoms with van der Waals surface area (Å²) in [6.07, 6.45) is 2.59. The molecule has 1 aliphatic heterocycles. The molecule has 116 valence electrons. The molecule has 0 atom stereocenters. The Balaban J connectivity index is 2.40. The Bertz CT molecular complexity index is 677. The van der Waals surface area contributed by atoms with Crippen LogP contribution in [0, 0.1) is 0 Å². The van der Waals surface area contributed by atoms with Crippen LogP contribution in [-0.4, -0.2) is 23.4 Å². The fourth-order valence-electron chi connectivity index (χ4n) is 1.76. The van der Waals surface area contributed by atoms with E-state index >= 15 is 0 Å². The lowest BCUT2D eigenvalue weighted by atomic mass is 10.1. The van der Waals surface area contributed by atoms with Gasteiger partial charge in [0.1, 0.15) is 0 Å². The Morgan fingerprint density at radius 1 is 1.45 bits per heavy atom. The number of nitrogens with zero attached hydrogens (tertiary/aromatic N) is 3. The highest BCUT2D eigenvalue weighted by Gasteiger charge is 2.31. The third kappa shape index (κ3) is 3.67. The van der Waals surface area contributed by atoms with Crippen LogP contribution in [0.5, 0.6) is 0 Å². The number of nitrogens with one attached hydrogen (secondary N) is 1. The van der Waals surface area contributed by atoms with Gasteiger partial charge in [-0.3, -0.25) is 10.4 Å². The summed E-state index contributed by atoms with van der Waals surface area (Å²) in [5.41, 5.74) is 3.40. The molecular formula is C14H12ClF3N4. The van der Waals surface area contributed by atoms with Crippen molar-refractivity contribution in [2.24, 2.45) is 5.10 Å². The molecule has 0 unspecified atom stereocenters. The van der Waals surface area contributed by atoms with Gasteiger partial charge in [0.25, 0.3) is 0 Å². The van der Waals surface area contributed by atoms with Crippen LogP contribution < -0.4 is 5.43 Å². The minimum Gasteiger partial charge on any atom is -0.281 e. The number of rotatable bonds is 3. The fraction of sp³-hybridized carbons (Fsp3) is 0.143. The largest absolute Gasteiger partial charge is 0.417 e. The number of hydrazine groups is 1. The number of hydrazone groups is 1. The fourth-order valence-corrected chi connectivity index (χ4v) is 2.03. The predicted molar refractivity (Wildman–Crippen MR) is 79.9 cm³/mol. The number of pyridine rings is 1. The quantitative estimate of drug-likeness (QED) is 0.861. The molecule has 1 aromatic rings. The van der Waals surface area contributed by atoms with Crippen LogP contribution in [0.2, 0.25) is 5.02 Å². The van der Waals surface area contributed by atoms with E-state index in [0.29, 0.717) is 11.3 Å². The maximum Gasteiger partial charge on any atom is 0.417 e. The molecule has 22 heavy (non-hydrogen) atoms. The van der Waals surface area contributed by atoms with Gasteiger partial charge in [0.2, 0.25) is 0 Å². The van der Waals surface area contributed by atoms with Crippen molar-refractivity contribution in [2.75, 3.05) is 7.05 Å². The van der Waals surface area contributed by atoms with E-state index in [2.05, 4.69) is 22.1 Å². The van der Waals surface area contributed by atoms with Gasteiger partial charge in [-0.05, 0) is 12.1 Å². The molecule has 1 N–H and O–H groups in total. The summed E-state index contributed by atoms with van der Waals surface area (Å²) < 4.78 is 37.9. The Labute approximate surface area is 130 Å². The molecule has 2 rings (SSSR count). The van der Waals surface area contributed by atoms with Crippen LogP contribution in [0.4, 0.5) is 13.2 Å². The molecule has 1 aromatic heterocycles. The molecule has 2 heterocycles. The summed E-state index contributed by atoms with van der Waals surface area (Å²) in [7, 11) is 1.71. The first-order valence-corrected chi connectivity index (χ1v) is 6.51. The average Bonchev–Trinajstić information content (AvgIpc) is 2.82. The van der Waals surface area contributed by atoms with Gasteiger partial charge in [-0.2, -0.15) is 18.3 Å². The zero-order valence-corrected chi connectivity index (χ0v) is 12.3. The number of aromatic nitrogens is 1. The second-order valence-corrected chi connectivity index (χ2v) is 4.80. The molecule has 0 spiro atoms. The predicted octanol–water partition coefficient (Wildman–Crippen LogP) is 3.64. The van der Waals surface area contributed by atoms with Crippen LogP contribution in [-0.2, 0) is 6.18 Å². The molecule has 4 nitrogen and oxygen atoms in total. The van der Waals surface area contributed by atoms with Gasteiger partial charge < -0.3 is 0 Å². The van der Waals surface area contributed by atoms with Crippen LogP contribution >= 0.6 is 11.6 Å². The van der Waals surface area contributed by atoms with Gasteiger partial charge in [0.05, 0.1) is 28.2 Å². The summed E-state index contributed by atoms with van der Waals surface area (Å²) in [6, 6.07) is 0.849. The highest BCUT2D eigenvalue weighted by atomic mass is 35.5. The molecule has 8 heteroatoms. The first kappa shape index (κ1) is 16.1. The Hall–Kier alpha value is -2.28. The maximum absolute atomic E-state index is 12.6. The Morgan fingerprint density at radius 2 is 2.18 bits per heavy atom. The van der Waals surface area contributed by atoms with E-state index in [1.165, 1.54) is 11.2 Å². The molecule has 0 radical (unpaired) electrons. The smallest absolute Gasteiger partial charge is 0.281 e. The number of halogens is 4. The number of hydrogen-bond donors (Lipinski definition) is 1. The van der Waals surface area contributed by atoms with E-state index in [-0.39, 0.29) is 10.7 Å². The van der Waals surface area contributed by atoms with Crippen LogP contribution in [0.25, 0.3) is 5.57 Å². The van der Waals surface area contributed by atoms with E-state index in [4.69, 9.17) is 11.6 Å². The van der Waals surface area contributed by atoms with Crippen molar-refractivity contribution in [1.82, 2.24) is 15.5 Å². The SMILES string of the molecule is C=C/C=C(\C=C1/C=NN(C)N1)c1ncc(C(F)(F)F)cc1Cl. The van der Waals surface area contributed by atoms with Crippen molar-refractivity contribution in [3.8, 4) is 0 Å². The molecular weight excluding hydrogens is 317 g/mol. The molecule has 0 aliphatic carbocycles. The van der Waals surface area contributed by atoms with Gasteiger partial charge in [-0.15, -0.1) is 0 Å². The van der Waals surface area contributed by atoms with Gasteiger partial charge in [0, 0.05) is 18.8 Å². The van der Waals surface area contributed by atoms with E-state index in [1.807, 2.05) is 0 Å². The molecule has 0 amide bonds. The lowest BCUT2D eigenvalue weighted by Gasteiger charge is -2.11. The first-order chi connectivity index (χ1) is 10.3. The molecule has 0 saturated heterocycles. The second kappa shape index (κ2) is 6.23. The standard InChI is InChI=1S/C14H12ClF3N4/c1-3-4-9(5-11-8-20-22(2)21-11)13-12(15)6-10(7-19-13)14(16,17)18/h3-8,21H,1H2,2H3/b9-4+,11-5+. The van der Waals surface area contributed by atoms with E-state index in [9.17, 15) is 13.2 Å². The summed E-state index contributed by atoms with van der Waals surface area (Å²) in [5.74, 6) is 0. The summed E-state index contributed by atoms with van der Waals surface area (Å²) in [4.78, 5) is 3.83. The van der Waals surface area contributed by atoms with Gasteiger partial charge >= 0.3 is 6.18 Å². The molecule has 1 aliphatic rings. The second-order valence-electron chi connectivity index (χ2n) is 4.39. The highest BCUT2D eigenvalue weighted by molar-refractivity contribution is 6.32.